The fraction of sp³-hybridized carbons (Fsp3) is 0.136. The lowest BCUT2D eigenvalue weighted by molar-refractivity contribution is -0.385. The van der Waals surface area contributed by atoms with E-state index in [1.807, 2.05) is 19.1 Å². The van der Waals surface area contributed by atoms with Gasteiger partial charge in [0.1, 0.15) is 10.6 Å². The number of nitrogens with zero attached hydrogens (tertiary/aromatic N) is 2. The molecule has 0 heterocycles. The van der Waals surface area contributed by atoms with Crippen molar-refractivity contribution in [1.29, 1.82) is 0 Å². The van der Waals surface area contributed by atoms with E-state index < -0.39 is 14.9 Å². The number of ether oxygens (including phenoxy) is 1. The first-order valence-corrected chi connectivity index (χ1v) is 11.0. The standard InChI is InChI=1S/C22H22N4O5S/c1-15-8-10-19(16(2)12-15)25-32(29,30)22-13-18(26(27)28)9-11-20(22)24-23-14-17-6-4-5-7-21(17)31-3/h4-14,24-25H,1-3H3/b23-14+. The Labute approximate surface area is 185 Å². The molecule has 3 aromatic rings. The van der Waals surface area contributed by atoms with Gasteiger partial charge in [-0.25, -0.2) is 8.42 Å². The highest BCUT2D eigenvalue weighted by molar-refractivity contribution is 7.92. The number of non-ortho nitro benzene ring substituents is 1. The van der Waals surface area contributed by atoms with Crippen LogP contribution < -0.4 is 14.9 Å². The lowest BCUT2D eigenvalue weighted by Gasteiger charge is -2.14. The van der Waals surface area contributed by atoms with Crippen molar-refractivity contribution in [3.05, 3.63) is 87.5 Å². The summed E-state index contributed by atoms with van der Waals surface area (Å²) in [6, 6.07) is 15.9. The molecule has 0 bridgehead atoms. The summed E-state index contributed by atoms with van der Waals surface area (Å²) in [5.74, 6) is 0.589. The van der Waals surface area contributed by atoms with E-state index in [0.29, 0.717) is 17.0 Å². The Hall–Kier alpha value is -3.92. The van der Waals surface area contributed by atoms with Crippen molar-refractivity contribution in [1.82, 2.24) is 0 Å². The molecule has 0 aromatic heterocycles. The smallest absolute Gasteiger partial charge is 0.270 e. The average Bonchev–Trinajstić information content (AvgIpc) is 2.76. The van der Waals surface area contributed by atoms with E-state index in [9.17, 15) is 18.5 Å². The fourth-order valence-electron chi connectivity index (χ4n) is 3.01. The van der Waals surface area contributed by atoms with Gasteiger partial charge < -0.3 is 4.74 Å². The minimum atomic E-state index is -4.16. The normalized spacial score (nSPS) is 11.3. The maximum absolute atomic E-state index is 13.1. The predicted octanol–water partition coefficient (Wildman–Crippen LogP) is 4.47. The molecule has 0 aliphatic heterocycles. The van der Waals surface area contributed by atoms with Gasteiger partial charge >= 0.3 is 0 Å². The second-order valence-corrected chi connectivity index (χ2v) is 8.62. The number of nitro benzene ring substituents is 1. The van der Waals surface area contributed by atoms with Crippen LogP contribution in [0, 0.1) is 24.0 Å². The van der Waals surface area contributed by atoms with E-state index in [-0.39, 0.29) is 16.3 Å². The van der Waals surface area contributed by atoms with Crippen LogP contribution in [-0.4, -0.2) is 26.7 Å². The molecule has 10 heteroatoms. The molecule has 0 spiro atoms. The molecule has 3 aromatic carbocycles. The molecule has 0 amide bonds. The lowest BCUT2D eigenvalue weighted by Crippen LogP contribution is -2.16. The number of nitro groups is 1. The Morgan fingerprint density at radius 3 is 2.44 bits per heavy atom. The van der Waals surface area contributed by atoms with E-state index >= 15 is 0 Å². The quantitative estimate of drug-likeness (QED) is 0.294. The van der Waals surface area contributed by atoms with Crippen molar-refractivity contribution in [3.8, 4) is 5.75 Å². The first kappa shape index (κ1) is 22.8. The Balaban J connectivity index is 1.97. The van der Waals surface area contributed by atoms with Gasteiger partial charge in [-0.3, -0.25) is 20.3 Å². The summed E-state index contributed by atoms with van der Waals surface area (Å²) in [4.78, 5) is 10.3. The van der Waals surface area contributed by atoms with Crippen LogP contribution in [0.1, 0.15) is 16.7 Å². The molecule has 0 saturated heterocycles. The van der Waals surface area contributed by atoms with Crippen molar-refractivity contribution >= 4 is 33.3 Å². The first-order valence-electron chi connectivity index (χ1n) is 9.52. The van der Waals surface area contributed by atoms with Crippen molar-refractivity contribution in [3.63, 3.8) is 0 Å². The number of nitrogens with one attached hydrogen (secondary N) is 2. The largest absolute Gasteiger partial charge is 0.496 e. The van der Waals surface area contributed by atoms with Gasteiger partial charge in [-0.05, 0) is 43.7 Å². The number of hydrazone groups is 1. The van der Waals surface area contributed by atoms with Gasteiger partial charge in [0, 0.05) is 17.7 Å². The molecule has 32 heavy (non-hydrogen) atoms. The summed E-state index contributed by atoms with van der Waals surface area (Å²) in [6.07, 6.45) is 1.47. The molecule has 0 radical (unpaired) electrons. The minimum Gasteiger partial charge on any atom is -0.496 e. The van der Waals surface area contributed by atoms with Crippen LogP contribution in [-0.2, 0) is 10.0 Å². The van der Waals surface area contributed by atoms with Crippen LogP contribution in [0.15, 0.2) is 70.7 Å². The first-order chi connectivity index (χ1) is 15.2. The van der Waals surface area contributed by atoms with Crippen LogP contribution in [0.2, 0.25) is 0 Å². The third kappa shape index (κ3) is 5.22. The zero-order chi connectivity index (χ0) is 23.3. The number of anilines is 2. The second-order valence-electron chi connectivity index (χ2n) is 6.97. The van der Waals surface area contributed by atoms with Gasteiger partial charge in [-0.2, -0.15) is 5.10 Å². The van der Waals surface area contributed by atoms with Gasteiger partial charge in [-0.1, -0.05) is 29.8 Å². The number of para-hydroxylation sites is 1. The number of hydrogen-bond donors (Lipinski definition) is 2. The van der Waals surface area contributed by atoms with Crippen molar-refractivity contribution in [2.45, 2.75) is 18.7 Å². The number of rotatable bonds is 8. The summed E-state index contributed by atoms with van der Waals surface area (Å²) >= 11 is 0. The molecule has 0 atom stereocenters. The van der Waals surface area contributed by atoms with E-state index in [1.54, 1.807) is 37.3 Å². The Morgan fingerprint density at radius 1 is 1.03 bits per heavy atom. The van der Waals surface area contributed by atoms with E-state index in [2.05, 4.69) is 15.2 Å². The maximum atomic E-state index is 13.1. The van der Waals surface area contributed by atoms with Gasteiger partial charge in [-0.15, -0.1) is 0 Å². The monoisotopic (exact) mass is 454 g/mol. The van der Waals surface area contributed by atoms with Gasteiger partial charge in [0.05, 0.1) is 29.6 Å². The summed E-state index contributed by atoms with van der Waals surface area (Å²) < 4.78 is 34.0. The molecule has 0 aliphatic carbocycles. The van der Waals surface area contributed by atoms with Crippen molar-refractivity contribution in [2.75, 3.05) is 17.3 Å². The fourth-order valence-corrected chi connectivity index (χ4v) is 4.32. The van der Waals surface area contributed by atoms with Crippen LogP contribution in [0.4, 0.5) is 17.1 Å². The number of hydrogen-bond acceptors (Lipinski definition) is 7. The lowest BCUT2D eigenvalue weighted by atomic mass is 10.1. The molecule has 166 valence electrons. The van der Waals surface area contributed by atoms with E-state index in [1.165, 1.54) is 25.5 Å². The molecule has 0 aliphatic rings. The number of benzene rings is 3. The Kier molecular flexibility index (Phi) is 6.74. The zero-order valence-electron chi connectivity index (χ0n) is 17.7. The highest BCUT2D eigenvalue weighted by atomic mass is 32.2. The molecular formula is C22H22N4O5S. The highest BCUT2D eigenvalue weighted by Crippen LogP contribution is 2.29. The number of methoxy groups -OCH3 is 1. The molecule has 0 saturated carbocycles. The zero-order valence-corrected chi connectivity index (χ0v) is 18.5. The average molecular weight is 455 g/mol. The Bertz CT molecular complexity index is 1290. The minimum absolute atomic E-state index is 0.0824. The van der Waals surface area contributed by atoms with Gasteiger partial charge in [0.25, 0.3) is 15.7 Å². The van der Waals surface area contributed by atoms with Crippen molar-refractivity contribution in [2.24, 2.45) is 5.10 Å². The Morgan fingerprint density at radius 2 is 1.75 bits per heavy atom. The predicted molar refractivity (Wildman–Crippen MR) is 124 cm³/mol. The highest BCUT2D eigenvalue weighted by Gasteiger charge is 2.23. The molecule has 0 fully saturated rings. The van der Waals surface area contributed by atoms with Gasteiger partial charge in [0.15, 0.2) is 0 Å². The third-order valence-electron chi connectivity index (χ3n) is 4.62. The van der Waals surface area contributed by atoms with Crippen LogP contribution in [0.5, 0.6) is 5.75 Å². The van der Waals surface area contributed by atoms with Crippen molar-refractivity contribution < 1.29 is 18.1 Å². The topological polar surface area (TPSA) is 123 Å². The second kappa shape index (κ2) is 9.48. The van der Waals surface area contributed by atoms with Crippen LogP contribution in [0.25, 0.3) is 0 Å². The van der Waals surface area contributed by atoms with Crippen LogP contribution in [0.3, 0.4) is 0 Å². The maximum Gasteiger partial charge on any atom is 0.270 e. The molecule has 3 rings (SSSR count). The summed E-state index contributed by atoms with van der Waals surface area (Å²) in [6.45, 7) is 3.67. The van der Waals surface area contributed by atoms with E-state index in [0.717, 1.165) is 17.2 Å². The number of aryl methyl sites for hydroxylation is 2. The molecular weight excluding hydrogens is 432 g/mol. The third-order valence-corrected chi connectivity index (χ3v) is 6.02. The summed E-state index contributed by atoms with van der Waals surface area (Å²) in [5, 5.41) is 15.3. The van der Waals surface area contributed by atoms with Gasteiger partial charge in [0.2, 0.25) is 0 Å². The summed E-state index contributed by atoms with van der Waals surface area (Å²) in [7, 11) is -2.63. The van der Waals surface area contributed by atoms with E-state index in [4.69, 9.17) is 4.74 Å². The molecule has 2 N–H and O–H groups in total. The summed E-state index contributed by atoms with van der Waals surface area (Å²) in [5.41, 5.74) is 5.15. The molecule has 0 unspecified atom stereocenters. The molecule has 9 nitrogen and oxygen atoms in total. The van der Waals surface area contributed by atoms with Crippen LogP contribution >= 0.6 is 0 Å². The number of sulfonamides is 1. The SMILES string of the molecule is COc1ccccc1/C=N/Nc1ccc([N+](=O)[O-])cc1S(=O)(=O)Nc1ccc(C)cc1C.